The van der Waals surface area contributed by atoms with Gasteiger partial charge in [-0.25, -0.2) is 0 Å². The molecule has 0 aromatic carbocycles. The van der Waals surface area contributed by atoms with Crippen molar-refractivity contribution in [1.82, 2.24) is 53.2 Å². The van der Waals surface area contributed by atoms with E-state index in [9.17, 15) is 98.7 Å². The van der Waals surface area contributed by atoms with E-state index in [1.165, 1.54) is 20.8 Å². The zero-order chi connectivity index (χ0) is 77.9. The molecule has 3 saturated carbocycles. The van der Waals surface area contributed by atoms with Gasteiger partial charge in [-0.3, -0.25) is 52.7 Å². The van der Waals surface area contributed by atoms with E-state index in [1.807, 2.05) is 0 Å². The molecule has 19 N–H and O–H groups in total. The van der Waals surface area contributed by atoms with Crippen LogP contribution in [-0.4, -0.2) is 308 Å². The molecule has 0 aromatic heterocycles. The second kappa shape index (κ2) is 51.9. The standard InChI is InChI=1S/C69H122N10O26/c1-42(2)49(86)13-6-14-59(93)79-69(39-100-30-18-56(90)73-24-10-21-70-53(87)15-7-27-103-50-33-46(36-80)63(94)66(97)60(50)76-43(3)83,40-101-31-19-57(91)74-25-11-22-71-54(88)16-8-28-104-51-34-47(37-81)64(95)67(98)61(51)77-44(4)84)41-102-32-20-58(92)75-26-12-23-72-55(89)17-9-29-105-52-35-48(38-82)65(96)68(99)62(52)78-45(5)85/h42,46-48,50-52,60-68,80-82,94-99H,6-41H2,1-5H3,(H,70,87)(H,71,88)(H,72,89)(H,73,90)(H,74,91)(H,75,92)(H,76,83)(H,77,84)(H,78,85)(H,79,93)/t46?,47?,48?,50-,51-,52-,60?,61?,62?,63-,64-,65-,66?,67?,68?,69?/m1/s1. The maximum Gasteiger partial charge on any atom is 0.222 e. The van der Waals surface area contributed by atoms with E-state index in [-0.39, 0.29) is 205 Å². The lowest BCUT2D eigenvalue weighted by Gasteiger charge is -2.42. The molecule has 36 heteroatoms. The number of aliphatic hydroxyl groups excluding tert-OH is 9. The van der Waals surface area contributed by atoms with Gasteiger partial charge in [-0.1, -0.05) is 13.8 Å². The van der Waals surface area contributed by atoms with Crippen LogP contribution in [0.5, 0.6) is 0 Å². The van der Waals surface area contributed by atoms with E-state index < -0.39 is 158 Å². The van der Waals surface area contributed by atoms with Gasteiger partial charge >= 0.3 is 0 Å². The van der Waals surface area contributed by atoms with Crippen molar-refractivity contribution in [2.24, 2.45) is 23.7 Å². The Morgan fingerprint density at radius 2 is 0.619 bits per heavy atom. The van der Waals surface area contributed by atoms with E-state index in [0.29, 0.717) is 38.5 Å². The zero-order valence-electron chi connectivity index (χ0n) is 61.7. The summed E-state index contributed by atoms with van der Waals surface area (Å²) in [5, 5.41) is 119. The summed E-state index contributed by atoms with van der Waals surface area (Å²) >= 11 is 0. The van der Waals surface area contributed by atoms with Gasteiger partial charge in [0.1, 0.15) is 29.6 Å². The molecule has 3 aliphatic carbocycles. The van der Waals surface area contributed by atoms with Crippen molar-refractivity contribution in [3.8, 4) is 0 Å². The van der Waals surface area contributed by atoms with Gasteiger partial charge in [0.15, 0.2) is 0 Å². The van der Waals surface area contributed by atoms with Gasteiger partial charge in [-0.05, 0) is 64.2 Å². The highest BCUT2D eigenvalue weighted by Crippen LogP contribution is 2.31. The minimum absolute atomic E-state index is 0.0362. The number of amides is 10. The first-order valence-corrected chi connectivity index (χ1v) is 36.8. The van der Waals surface area contributed by atoms with Crippen molar-refractivity contribution in [2.75, 3.05) is 119 Å². The van der Waals surface area contributed by atoms with Gasteiger partial charge < -0.3 is 128 Å². The van der Waals surface area contributed by atoms with Gasteiger partial charge in [-0.2, -0.15) is 0 Å². The molecule has 0 aliphatic heterocycles. The Morgan fingerprint density at radius 1 is 0.352 bits per heavy atom. The van der Waals surface area contributed by atoms with Crippen LogP contribution in [0.4, 0.5) is 0 Å². The number of Topliss-reactive ketones (excluding diaryl/α,β-unsaturated/α-hetero) is 1. The predicted octanol–water partition coefficient (Wildman–Crippen LogP) is -5.46. The number of ketones is 1. The Morgan fingerprint density at radius 3 is 0.876 bits per heavy atom. The SMILES string of the molecule is CC(=O)NC1C(O)[C@H](O)C(CO)C[C@H]1OCCCC(=O)NCCCNC(=O)CCOCC(COCCC(=O)NCCCNC(=O)CCCO[C@@H]1CC(CO)[C@@H](O)C(O)C1NC(C)=O)(COCCC(=O)NCCCNC(=O)CCCO[C@@H]1CC(CO)[C@@H](O)C(O)C1NC(C)=O)NC(=O)CCCC(=O)C(C)C. The van der Waals surface area contributed by atoms with Crippen molar-refractivity contribution in [1.29, 1.82) is 0 Å². The molecule has 9 unspecified atom stereocenters. The number of nitrogens with one attached hydrogen (secondary N) is 10. The van der Waals surface area contributed by atoms with E-state index in [4.69, 9.17) is 28.4 Å². The molecule has 15 atom stereocenters. The number of ether oxygens (including phenoxy) is 6. The predicted molar refractivity (Wildman–Crippen MR) is 374 cm³/mol. The number of carbonyl (C=O) groups excluding carboxylic acids is 11. The van der Waals surface area contributed by atoms with Gasteiger partial charge in [0.2, 0.25) is 59.1 Å². The molecule has 0 saturated heterocycles. The summed E-state index contributed by atoms with van der Waals surface area (Å²) in [6, 6.07) is -2.73. The Balaban J connectivity index is 1.54. The summed E-state index contributed by atoms with van der Waals surface area (Å²) in [4.78, 5) is 138. The Bertz CT molecular complexity index is 2390. The molecule has 0 heterocycles. The highest BCUT2D eigenvalue weighted by molar-refractivity contribution is 5.82. The lowest BCUT2D eigenvalue weighted by atomic mass is 9.79. The minimum atomic E-state index is -1.47. The van der Waals surface area contributed by atoms with Gasteiger partial charge in [0, 0.05) is 175 Å². The quantitative estimate of drug-likeness (QED) is 0.0253. The second-order valence-corrected chi connectivity index (χ2v) is 27.6. The van der Waals surface area contributed by atoms with Gasteiger partial charge in [0.05, 0.1) is 94.4 Å². The lowest BCUT2D eigenvalue weighted by molar-refractivity contribution is -0.143. The second-order valence-electron chi connectivity index (χ2n) is 27.6. The van der Waals surface area contributed by atoms with Crippen LogP contribution in [0.15, 0.2) is 0 Å². The third kappa shape index (κ3) is 37.0. The fourth-order valence-electron chi connectivity index (χ4n) is 12.4. The van der Waals surface area contributed by atoms with Crippen LogP contribution < -0.4 is 53.2 Å². The van der Waals surface area contributed by atoms with Crippen molar-refractivity contribution in [3.05, 3.63) is 0 Å². The third-order valence-electron chi connectivity index (χ3n) is 18.3. The van der Waals surface area contributed by atoms with Crippen LogP contribution in [-0.2, 0) is 81.2 Å². The molecule has 3 aliphatic rings. The largest absolute Gasteiger partial charge is 0.396 e. The van der Waals surface area contributed by atoms with Crippen molar-refractivity contribution < 1.29 is 127 Å². The number of hydrogen-bond acceptors (Lipinski definition) is 26. The fourth-order valence-corrected chi connectivity index (χ4v) is 12.4. The third-order valence-corrected chi connectivity index (χ3v) is 18.3. The molecule has 3 rings (SSSR count). The van der Waals surface area contributed by atoms with Crippen molar-refractivity contribution in [3.63, 3.8) is 0 Å². The Hall–Kier alpha value is -6.23. The average Bonchev–Trinajstić information content (AvgIpc) is 0.821. The van der Waals surface area contributed by atoms with Crippen molar-refractivity contribution in [2.45, 2.75) is 229 Å². The molecule has 105 heavy (non-hydrogen) atoms. The fraction of sp³-hybridized carbons (Fsp3) is 0.841. The average molecular weight is 1510 g/mol. The highest BCUT2D eigenvalue weighted by Gasteiger charge is 2.47. The minimum Gasteiger partial charge on any atom is -0.396 e. The maximum atomic E-state index is 13.7. The van der Waals surface area contributed by atoms with Crippen LogP contribution in [0.2, 0.25) is 0 Å². The highest BCUT2D eigenvalue weighted by atomic mass is 16.5. The summed E-state index contributed by atoms with van der Waals surface area (Å²) in [5.74, 6) is -6.09. The first-order valence-electron chi connectivity index (χ1n) is 36.8. The number of aliphatic hydroxyl groups is 9. The first-order chi connectivity index (χ1) is 50.0. The molecule has 3 fully saturated rings. The summed E-state index contributed by atoms with van der Waals surface area (Å²) < 4.78 is 35.7. The molecular weight excluding hydrogens is 1380 g/mol. The van der Waals surface area contributed by atoms with E-state index in [2.05, 4.69) is 53.2 Å². The van der Waals surface area contributed by atoms with Crippen molar-refractivity contribution >= 4 is 64.9 Å². The summed E-state index contributed by atoms with van der Waals surface area (Å²) in [6.07, 6.45) is -7.31. The Labute approximate surface area is 614 Å². The number of hydrogen-bond donors (Lipinski definition) is 19. The normalized spacial score (nSPS) is 25.0. The van der Waals surface area contributed by atoms with E-state index in [1.54, 1.807) is 13.8 Å². The van der Waals surface area contributed by atoms with Crippen LogP contribution in [0, 0.1) is 23.7 Å². The summed E-state index contributed by atoms with van der Waals surface area (Å²) in [6.45, 7) is 6.38. The maximum absolute atomic E-state index is 13.7. The molecule has 0 radical (unpaired) electrons. The molecule has 604 valence electrons. The number of carbonyl (C=O) groups is 11. The summed E-state index contributed by atoms with van der Waals surface area (Å²) in [5.41, 5.74) is -1.47. The molecule has 36 nitrogen and oxygen atoms in total. The van der Waals surface area contributed by atoms with Gasteiger partial charge in [0.25, 0.3) is 0 Å². The van der Waals surface area contributed by atoms with E-state index in [0.717, 1.165) is 0 Å². The smallest absolute Gasteiger partial charge is 0.222 e. The van der Waals surface area contributed by atoms with Gasteiger partial charge in [-0.15, -0.1) is 0 Å². The zero-order valence-corrected chi connectivity index (χ0v) is 61.7. The summed E-state index contributed by atoms with van der Waals surface area (Å²) in [7, 11) is 0. The molecule has 0 aromatic rings. The molecule has 0 spiro atoms. The van der Waals surface area contributed by atoms with Crippen LogP contribution in [0.1, 0.15) is 150 Å². The van der Waals surface area contributed by atoms with E-state index >= 15 is 0 Å². The molecule has 10 amide bonds. The number of rotatable bonds is 54. The Kier molecular flexibility index (Phi) is 46.0. The topological polar surface area (TPSA) is 546 Å². The van der Waals surface area contributed by atoms with Crippen LogP contribution in [0.3, 0.4) is 0 Å². The van der Waals surface area contributed by atoms with Crippen LogP contribution in [0.25, 0.3) is 0 Å². The first kappa shape index (κ1) is 93.0. The molecule has 0 bridgehead atoms. The molecular formula is C69H122N10O26. The lowest BCUT2D eigenvalue weighted by Crippen LogP contribution is -2.61. The van der Waals surface area contributed by atoms with Crippen LogP contribution >= 0.6 is 0 Å². The monoisotopic (exact) mass is 1510 g/mol.